The zero-order valence-electron chi connectivity index (χ0n) is 13.9. The second-order valence-electron chi connectivity index (χ2n) is 6.10. The molecule has 4 nitrogen and oxygen atoms in total. The van der Waals surface area contributed by atoms with Crippen molar-refractivity contribution >= 4 is 0 Å². The molecule has 0 radical (unpaired) electrons. The summed E-state index contributed by atoms with van der Waals surface area (Å²) in [5, 5.41) is 12.1. The van der Waals surface area contributed by atoms with E-state index < -0.39 is 0 Å². The van der Waals surface area contributed by atoms with Crippen LogP contribution in [0.3, 0.4) is 0 Å². The van der Waals surface area contributed by atoms with Gasteiger partial charge in [0, 0.05) is 19.2 Å². The SMILES string of the molecule is OCCCNC[C@H]1CCc2ccc(OCc3ccccc3)cc2O1. The van der Waals surface area contributed by atoms with Gasteiger partial charge in [-0.3, -0.25) is 0 Å². The third-order valence-electron chi connectivity index (χ3n) is 4.20. The van der Waals surface area contributed by atoms with Gasteiger partial charge in [-0.25, -0.2) is 0 Å². The summed E-state index contributed by atoms with van der Waals surface area (Å²) in [6.45, 7) is 2.42. The highest BCUT2D eigenvalue weighted by atomic mass is 16.5. The quantitative estimate of drug-likeness (QED) is 0.732. The van der Waals surface area contributed by atoms with E-state index in [1.54, 1.807) is 0 Å². The molecule has 4 heteroatoms. The van der Waals surface area contributed by atoms with E-state index in [0.29, 0.717) is 6.61 Å². The minimum absolute atomic E-state index is 0.181. The number of aliphatic hydroxyl groups excluding tert-OH is 1. The third kappa shape index (κ3) is 4.73. The molecule has 128 valence electrons. The van der Waals surface area contributed by atoms with Gasteiger partial charge in [0.05, 0.1) is 0 Å². The lowest BCUT2D eigenvalue weighted by Gasteiger charge is -2.26. The predicted octanol–water partition coefficient (Wildman–Crippen LogP) is 2.93. The highest BCUT2D eigenvalue weighted by molar-refractivity contribution is 5.42. The lowest BCUT2D eigenvalue weighted by molar-refractivity contribution is 0.168. The van der Waals surface area contributed by atoms with Crippen LogP contribution < -0.4 is 14.8 Å². The minimum atomic E-state index is 0.181. The average Bonchev–Trinajstić information content (AvgIpc) is 2.64. The minimum Gasteiger partial charge on any atom is -0.489 e. The Kier molecular flexibility index (Phi) is 6.10. The van der Waals surface area contributed by atoms with Gasteiger partial charge >= 0.3 is 0 Å². The number of ether oxygens (including phenoxy) is 2. The summed E-state index contributed by atoms with van der Waals surface area (Å²) >= 11 is 0. The predicted molar refractivity (Wildman–Crippen MR) is 94.5 cm³/mol. The van der Waals surface area contributed by atoms with E-state index in [2.05, 4.69) is 23.5 Å². The van der Waals surface area contributed by atoms with Gasteiger partial charge in [-0.05, 0) is 43.0 Å². The van der Waals surface area contributed by atoms with Crippen LogP contribution in [0.1, 0.15) is 24.0 Å². The Hall–Kier alpha value is -2.04. The van der Waals surface area contributed by atoms with Crippen LogP contribution in [0.15, 0.2) is 48.5 Å². The molecule has 3 rings (SSSR count). The Morgan fingerprint density at radius 2 is 2.04 bits per heavy atom. The lowest BCUT2D eigenvalue weighted by atomic mass is 10.0. The Morgan fingerprint density at radius 3 is 2.88 bits per heavy atom. The largest absolute Gasteiger partial charge is 0.489 e. The summed E-state index contributed by atoms with van der Waals surface area (Å²) in [6.07, 6.45) is 3.01. The molecule has 24 heavy (non-hydrogen) atoms. The van der Waals surface area contributed by atoms with E-state index in [9.17, 15) is 0 Å². The van der Waals surface area contributed by atoms with E-state index in [1.807, 2.05) is 30.3 Å². The van der Waals surface area contributed by atoms with Gasteiger partial charge in [-0.15, -0.1) is 0 Å². The van der Waals surface area contributed by atoms with Crippen molar-refractivity contribution in [3.8, 4) is 11.5 Å². The fraction of sp³-hybridized carbons (Fsp3) is 0.400. The molecule has 0 aliphatic carbocycles. The van der Waals surface area contributed by atoms with Crippen molar-refractivity contribution in [1.82, 2.24) is 5.32 Å². The van der Waals surface area contributed by atoms with E-state index >= 15 is 0 Å². The maximum Gasteiger partial charge on any atom is 0.126 e. The van der Waals surface area contributed by atoms with Crippen molar-refractivity contribution < 1.29 is 14.6 Å². The molecule has 1 aliphatic rings. The van der Waals surface area contributed by atoms with Crippen LogP contribution >= 0.6 is 0 Å². The van der Waals surface area contributed by atoms with Crippen molar-refractivity contribution in [2.45, 2.75) is 32.0 Å². The van der Waals surface area contributed by atoms with Crippen molar-refractivity contribution in [2.75, 3.05) is 19.7 Å². The molecule has 0 bridgehead atoms. The highest BCUT2D eigenvalue weighted by Crippen LogP contribution is 2.31. The summed E-state index contributed by atoms with van der Waals surface area (Å²) in [4.78, 5) is 0. The average molecular weight is 327 g/mol. The zero-order chi connectivity index (χ0) is 16.6. The second kappa shape index (κ2) is 8.71. The van der Waals surface area contributed by atoms with Crippen LogP contribution in [0.2, 0.25) is 0 Å². The number of aliphatic hydroxyl groups is 1. The maximum atomic E-state index is 8.81. The maximum absolute atomic E-state index is 8.81. The van der Waals surface area contributed by atoms with Gasteiger partial charge in [0.15, 0.2) is 0 Å². The van der Waals surface area contributed by atoms with Gasteiger partial charge in [0.1, 0.15) is 24.2 Å². The highest BCUT2D eigenvalue weighted by Gasteiger charge is 2.19. The number of hydrogen-bond donors (Lipinski definition) is 2. The van der Waals surface area contributed by atoms with Crippen LogP contribution in [0.25, 0.3) is 0 Å². The first-order chi connectivity index (χ1) is 11.8. The molecule has 1 aliphatic heterocycles. The summed E-state index contributed by atoms with van der Waals surface area (Å²) in [5.41, 5.74) is 2.40. The summed E-state index contributed by atoms with van der Waals surface area (Å²) < 4.78 is 12.0. The van der Waals surface area contributed by atoms with E-state index in [1.165, 1.54) is 5.56 Å². The molecule has 0 amide bonds. The van der Waals surface area contributed by atoms with Crippen LogP contribution in [0, 0.1) is 0 Å². The topological polar surface area (TPSA) is 50.7 Å². The molecule has 0 saturated carbocycles. The molecule has 2 aromatic rings. The van der Waals surface area contributed by atoms with Crippen LogP contribution in [0.4, 0.5) is 0 Å². The molecule has 1 atom stereocenters. The molecule has 0 fully saturated rings. The van der Waals surface area contributed by atoms with Crippen molar-refractivity contribution in [1.29, 1.82) is 0 Å². The Balaban J connectivity index is 1.55. The molecule has 0 unspecified atom stereocenters. The third-order valence-corrected chi connectivity index (χ3v) is 4.20. The first-order valence-electron chi connectivity index (χ1n) is 8.63. The molecule has 2 N–H and O–H groups in total. The van der Waals surface area contributed by atoms with E-state index in [-0.39, 0.29) is 12.7 Å². The summed E-state index contributed by atoms with van der Waals surface area (Å²) in [7, 11) is 0. The Bertz CT molecular complexity index is 630. The zero-order valence-corrected chi connectivity index (χ0v) is 13.9. The van der Waals surface area contributed by atoms with Crippen molar-refractivity contribution in [3.05, 3.63) is 59.7 Å². The molecule has 1 heterocycles. The van der Waals surface area contributed by atoms with Gasteiger partial charge in [0.2, 0.25) is 0 Å². The van der Waals surface area contributed by atoms with Gasteiger partial charge < -0.3 is 19.9 Å². The van der Waals surface area contributed by atoms with Crippen molar-refractivity contribution in [3.63, 3.8) is 0 Å². The number of benzene rings is 2. The first-order valence-corrected chi connectivity index (χ1v) is 8.63. The van der Waals surface area contributed by atoms with E-state index in [4.69, 9.17) is 14.6 Å². The van der Waals surface area contributed by atoms with Crippen LogP contribution in [0.5, 0.6) is 11.5 Å². The molecular weight excluding hydrogens is 302 g/mol. The number of hydrogen-bond acceptors (Lipinski definition) is 4. The molecular formula is C20H25NO3. The second-order valence-corrected chi connectivity index (χ2v) is 6.10. The molecule has 0 spiro atoms. The van der Waals surface area contributed by atoms with Crippen molar-refractivity contribution in [2.24, 2.45) is 0 Å². The Labute approximate surface area is 143 Å². The first kappa shape index (κ1) is 16.8. The molecule has 2 aromatic carbocycles. The fourth-order valence-electron chi connectivity index (χ4n) is 2.85. The molecule has 0 saturated heterocycles. The van der Waals surface area contributed by atoms with Crippen LogP contribution in [-0.2, 0) is 13.0 Å². The van der Waals surface area contributed by atoms with E-state index in [0.717, 1.165) is 49.4 Å². The van der Waals surface area contributed by atoms with Crippen LogP contribution in [-0.4, -0.2) is 30.9 Å². The molecule has 0 aromatic heterocycles. The number of aryl methyl sites for hydroxylation is 1. The fourth-order valence-corrected chi connectivity index (χ4v) is 2.85. The number of nitrogens with one attached hydrogen (secondary N) is 1. The summed E-state index contributed by atoms with van der Waals surface area (Å²) in [6, 6.07) is 16.3. The van der Waals surface area contributed by atoms with Gasteiger partial charge in [-0.2, -0.15) is 0 Å². The van der Waals surface area contributed by atoms with Gasteiger partial charge in [0.25, 0.3) is 0 Å². The smallest absolute Gasteiger partial charge is 0.126 e. The normalized spacial score (nSPS) is 16.3. The number of rotatable bonds is 8. The monoisotopic (exact) mass is 327 g/mol. The summed E-state index contributed by atoms with van der Waals surface area (Å²) in [5.74, 6) is 1.77. The lowest BCUT2D eigenvalue weighted by Crippen LogP contribution is -2.34. The standard InChI is InChI=1S/C20H25NO3/c22-12-4-11-21-14-19-10-8-17-7-9-18(13-20(17)24-19)23-15-16-5-2-1-3-6-16/h1-3,5-7,9,13,19,21-22H,4,8,10-12,14-15H2/t19-/m1/s1. The Morgan fingerprint density at radius 1 is 1.17 bits per heavy atom. The van der Waals surface area contributed by atoms with Gasteiger partial charge in [-0.1, -0.05) is 36.4 Å². The number of fused-ring (bicyclic) bond motifs is 1.